The van der Waals surface area contributed by atoms with Crippen molar-refractivity contribution in [1.82, 2.24) is 24.7 Å². The van der Waals surface area contributed by atoms with Gasteiger partial charge in [-0.1, -0.05) is 6.07 Å². The SMILES string of the molecule is CCn1cccc1[C@H]1[C@@H](c2ccccn2)NC(=S)N1CCN1CCOCC1. The zero-order valence-electron chi connectivity index (χ0n) is 15.8. The van der Waals surface area contributed by atoms with Crippen LogP contribution in [0, 0.1) is 0 Å². The molecule has 4 rings (SSSR count). The van der Waals surface area contributed by atoms with E-state index in [-0.39, 0.29) is 12.1 Å². The van der Waals surface area contributed by atoms with E-state index in [1.54, 1.807) is 0 Å². The first-order chi connectivity index (χ1) is 13.3. The van der Waals surface area contributed by atoms with Crippen molar-refractivity contribution in [2.45, 2.75) is 25.6 Å². The summed E-state index contributed by atoms with van der Waals surface area (Å²) >= 11 is 5.75. The molecule has 2 saturated heterocycles. The number of hydrogen-bond acceptors (Lipinski definition) is 4. The van der Waals surface area contributed by atoms with Crippen molar-refractivity contribution in [3.8, 4) is 0 Å². The third-order valence-corrected chi connectivity index (χ3v) is 5.82. The van der Waals surface area contributed by atoms with Gasteiger partial charge in [0.05, 0.1) is 31.0 Å². The molecule has 0 spiro atoms. The molecule has 2 aliphatic rings. The number of nitrogens with zero attached hydrogens (tertiary/aromatic N) is 4. The van der Waals surface area contributed by atoms with Gasteiger partial charge in [0.2, 0.25) is 0 Å². The first kappa shape index (κ1) is 18.4. The normalized spacial score (nSPS) is 23.6. The number of pyridine rings is 1. The van der Waals surface area contributed by atoms with E-state index in [1.807, 2.05) is 18.3 Å². The van der Waals surface area contributed by atoms with Crippen molar-refractivity contribution in [2.75, 3.05) is 39.4 Å². The predicted molar refractivity (Wildman–Crippen MR) is 110 cm³/mol. The van der Waals surface area contributed by atoms with Crippen LogP contribution in [0.25, 0.3) is 0 Å². The maximum absolute atomic E-state index is 5.75. The molecular formula is C20H27N5OS. The van der Waals surface area contributed by atoms with Crippen molar-refractivity contribution in [2.24, 2.45) is 0 Å². The lowest BCUT2D eigenvalue weighted by atomic mass is 10.0. The molecule has 0 saturated carbocycles. The van der Waals surface area contributed by atoms with Gasteiger partial charge in [-0.2, -0.15) is 0 Å². The molecule has 0 unspecified atom stereocenters. The average Bonchev–Trinajstić information content (AvgIpc) is 3.31. The Morgan fingerprint density at radius 2 is 2.04 bits per heavy atom. The van der Waals surface area contributed by atoms with Gasteiger partial charge in [0.15, 0.2) is 5.11 Å². The van der Waals surface area contributed by atoms with Crippen molar-refractivity contribution in [1.29, 1.82) is 0 Å². The van der Waals surface area contributed by atoms with E-state index in [0.717, 1.165) is 56.7 Å². The van der Waals surface area contributed by atoms with Gasteiger partial charge in [-0.15, -0.1) is 0 Å². The molecule has 2 atom stereocenters. The Hall–Kier alpha value is -1.96. The number of thiocarbonyl (C=S) groups is 1. The van der Waals surface area contributed by atoms with Gasteiger partial charge in [0.25, 0.3) is 0 Å². The molecule has 1 N–H and O–H groups in total. The van der Waals surface area contributed by atoms with Crippen molar-refractivity contribution < 1.29 is 4.74 Å². The first-order valence-corrected chi connectivity index (χ1v) is 10.1. The molecule has 27 heavy (non-hydrogen) atoms. The van der Waals surface area contributed by atoms with Crippen molar-refractivity contribution >= 4 is 17.3 Å². The van der Waals surface area contributed by atoms with Crippen LogP contribution in [0.2, 0.25) is 0 Å². The molecule has 2 aromatic heterocycles. The van der Waals surface area contributed by atoms with Gasteiger partial charge in [-0.25, -0.2) is 0 Å². The molecular weight excluding hydrogens is 358 g/mol. The second kappa shape index (κ2) is 8.37. The van der Waals surface area contributed by atoms with E-state index in [2.05, 4.69) is 56.0 Å². The fourth-order valence-electron chi connectivity index (χ4n) is 4.03. The lowest BCUT2D eigenvalue weighted by Crippen LogP contribution is -2.42. The fraction of sp³-hybridized carbons (Fsp3) is 0.500. The highest BCUT2D eigenvalue weighted by Gasteiger charge is 2.40. The molecule has 4 heterocycles. The smallest absolute Gasteiger partial charge is 0.170 e. The highest BCUT2D eigenvalue weighted by Crippen LogP contribution is 2.38. The number of aryl methyl sites for hydroxylation is 1. The number of rotatable bonds is 6. The van der Waals surface area contributed by atoms with Crippen LogP contribution in [-0.4, -0.2) is 63.9 Å². The van der Waals surface area contributed by atoms with E-state index >= 15 is 0 Å². The van der Waals surface area contributed by atoms with Gasteiger partial charge < -0.3 is 19.5 Å². The van der Waals surface area contributed by atoms with Crippen molar-refractivity contribution in [3.63, 3.8) is 0 Å². The minimum Gasteiger partial charge on any atom is -0.379 e. The summed E-state index contributed by atoms with van der Waals surface area (Å²) in [7, 11) is 0. The van der Waals surface area contributed by atoms with Crippen molar-refractivity contribution in [3.05, 3.63) is 54.1 Å². The van der Waals surface area contributed by atoms with Gasteiger partial charge in [0, 0.05) is 50.8 Å². The largest absolute Gasteiger partial charge is 0.379 e. The van der Waals surface area contributed by atoms with Crippen LogP contribution in [0.1, 0.15) is 30.4 Å². The van der Waals surface area contributed by atoms with E-state index in [9.17, 15) is 0 Å². The number of hydrogen-bond donors (Lipinski definition) is 1. The van der Waals surface area contributed by atoms with E-state index in [1.165, 1.54) is 5.69 Å². The molecule has 2 aliphatic heterocycles. The summed E-state index contributed by atoms with van der Waals surface area (Å²) in [5.41, 5.74) is 2.31. The standard InChI is InChI=1S/C20H27N5OS/c1-2-24-9-5-7-17(24)19-18(16-6-3-4-8-21-16)22-20(27)25(19)11-10-23-12-14-26-15-13-23/h3-9,18-19H,2,10-15H2,1H3,(H,22,27)/t18-,19+/m1/s1. The Morgan fingerprint density at radius 1 is 1.19 bits per heavy atom. The van der Waals surface area contributed by atoms with E-state index < -0.39 is 0 Å². The minimum absolute atomic E-state index is 0.0589. The Balaban J connectivity index is 1.60. The molecule has 0 bridgehead atoms. The third-order valence-electron chi connectivity index (χ3n) is 5.47. The zero-order valence-corrected chi connectivity index (χ0v) is 16.6. The summed E-state index contributed by atoms with van der Waals surface area (Å²) in [6.07, 6.45) is 4.00. The molecule has 7 heteroatoms. The van der Waals surface area contributed by atoms with Gasteiger partial charge in [-0.3, -0.25) is 9.88 Å². The second-order valence-corrected chi connectivity index (χ2v) is 7.38. The van der Waals surface area contributed by atoms with Crippen LogP contribution in [0.4, 0.5) is 0 Å². The Morgan fingerprint density at radius 3 is 2.78 bits per heavy atom. The number of aromatic nitrogens is 2. The number of nitrogens with one attached hydrogen (secondary N) is 1. The van der Waals surface area contributed by atoms with Crippen LogP contribution in [0.5, 0.6) is 0 Å². The summed E-state index contributed by atoms with van der Waals surface area (Å²) in [6, 6.07) is 10.6. The average molecular weight is 386 g/mol. The highest BCUT2D eigenvalue weighted by atomic mass is 32.1. The van der Waals surface area contributed by atoms with Crippen LogP contribution < -0.4 is 5.32 Å². The maximum Gasteiger partial charge on any atom is 0.170 e. The summed E-state index contributed by atoms with van der Waals surface area (Å²) in [5.74, 6) is 0. The predicted octanol–water partition coefficient (Wildman–Crippen LogP) is 2.21. The highest BCUT2D eigenvalue weighted by molar-refractivity contribution is 7.80. The van der Waals surface area contributed by atoms with E-state index in [0.29, 0.717) is 0 Å². The maximum atomic E-state index is 5.75. The summed E-state index contributed by atoms with van der Waals surface area (Å²) in [4.78, 5) is 9.40. The van der Waals surface area contributed by atoms with Gasteiger partial charge in [0.1, 0.15) is 0 Å². The second-order valence-electron chi connectivity index (χ2n) is 6.99. The molecule has 0 aliphatic carbocycles. The number of morpholine rings is 1. The van der Waals surface area contributed by atoms with E-state index in [4.69, 9.17) is 17.0 Å². The van der Waals surface area contributed by atoms with Crippen LogP contribution >= 0.6 is 12.2 Å². The van der Waals surface area contributed by atoms with Crippen LogP contribution in [-0.2, 0) is 11.3 Å². The fourth-order valence-corrected chi connectivity index (χ4v) is 4.36. The summed E-state index contributed by atoms with van der Waals surface area (Å²) < 4.78 is 7.78. The molecule has 0 aromatic carbocycles. The Kier molecular flexibility index (Phi) is 5.71. The monoisotopic (exact) mass is 385 g/mol. The first-order valence-electron chi connectivity index (χ1n) is 9.71. The molecule has 0 amide bonds. The summed E-state index contributed by atoms with van der Waals surface area (Å²) in [5, 5.41) is 4.35. The van der Waals surface area contributed by atoms with Gasteiger partial charge in [-0.05, 0) is 43.4 Å². The summed E-state index contributed by atoms with van der Waals surface area (Å²) in [6.45, 7) is 8.64. The quantitative estimate of drug-likeness (QED) is 0.770. The Labute approximate surface area is 166 Å². The molecule has 6 nitrogen and oxygen atoms in total. The number of ether oxygens (including phenoxy) is 1. The minimum atomic E-state index is 0.0589. The van der Waals surface area contributed by atoms with Crippen LogP contribution in [0.15, 0.2) is 42.7 Å². The lowest BCUT2D eigenvalue weighted by Gasteiger charge is -2.32. The molecule has 144 valence electrons. The molecule has 2 fully saturated rings. The molecule has 2 aromatic rings. The topological polar surface area (TPSA) is 45.6 Å². The third kappa shape index (κ3) is 3.85. The van der Waals surface area contributed by atoms with Gasteiger partial charge >= 0.3 is 0 Å². The molecule has 0 radical (unpaired) electrons. The Bertz CT molecular complexity index is 759. The van der Waals surface area contributed by atoms with Crippen LogP contribution in [0.3, 0.4) is 0 Å². The zero-order chi connectivity index (χ0) is 18.6. The lowest BCUT2D eigenvalue weighted by molar-refractivity contribution is 0.0349.